The van der Waals surface area contributed by atoms with Gasteiger partial charge in [-0.2, -0.15) is 0 Å². The second-order valence-electron chi connectivity index (χ2n) is 6.77. The molecule has 0 radical (unpaired) electrons. The Morgan fingerprint density at radius 1 is 1.00 bits per heavy atom. The average Bonchev–Trinajstić information content (AvgIpc) is 2.35. The van der Waals surface area contributed by atoms with Crippen molar-refractivity contribution in [1.82, 2.24) is 0 Å². The largest absolute Gasteiger partial charge is 0.390 e. The SMILES string of the molecule is CC(C)(CCC1(O)CCCCCCCCC1)OCN. The maximum absolute atomic E-state index is 10.8. The highest BCUT2D eigenvalue weighted by Gasteiger charge is 2.29. The van der Waals surface area contributed by atoms with E-state index in [0.717, 1.165) is 38.5 Å². The van der Waals surface area contributed by atoms with Crippen LogP contribution in [0.25, 0.3) is 0 Å². The van der Waals surface area contributed by atoms with E-state index in [1.165, 1.54) is 32.1 Å². The third-order valence-electron chi connectivity index (χ3n) is 4.45. The second kappa shape index (κ2) is 8.23. The summed E-state index contributed by atoms with van der Waals surface area (Å²) in [6, 6.07) is 0. The highest BCUT2D eigenvalue weighted by atomic mass is 16.5. The van der Waals surface area contributed by atoms with Crippen molar-refractivity contribution in [3.05, 3.63) is 0 Å². The van der Waals surface area contributed by atoms with Crippen molar-refractivity contribution < 1.29 is 9.84 Å². The lowest BCUT2D eigenvalue weighted by Gasteiger charge is -2.33. The molecule has 19 heavy (non-hydrogen) atoms. The number of aliphatic hydroxyl groups is 1. The van der Waals surface area contributed by atoms with Crippen LogP contribution in [0.15, 0.2) is 0 Å². The van der Waals surface area contributed by atoms with Gasteiger partial charge in [0.25, 0.3) is 0 Å². The van der Waals surface area contributed by atoms with Gasteiger partial charge in [0, 0.05) is 0 Å². The van der Waals surface area contributed by atoms with Crippen molar-refractivity contribution in [3.8, 4) is 0 Å². The van der Waals surface area contributed by atoms with Crippen LogP contribution in [0.1, 0.15) is 84.5 Å². The third kappa shape index (κ3) is 7.28. The molecule has 0 aromatic rings. The van der Waals surface area contributed by atoms with Crippen LogP contribution in [0.3, 0.4) is 0 Å². The number of hydrogen-bond acceptors (Lipinski definition) is 3. The number of rotatable bonds is 5. The summed E-state index contributed by atoms with van der Waals surface area (Å²) >= 11 is 0. The van der Waals surface area contributed by atoms with E-state index in [-0.39, 0.29) is 12.3 Å². The fourth-order valence-corrected chi connectivity index (χ4v) is 3.00. The van der Waals surface area contributed by atoms with Crippen molar-refractivity contribution in [3.63, 3.8) is 0 Å². The minimum atomic E-state index is -0.480. The molecule has 0 aromatic heterocycles. The summed E-state index contributed by atoms with van der Waals surface area (Å²) in [5, 5.41) is 10.8. The average molecular weight is 271 g/mol. The summed E-state index contributed by atoms with van der Waals surface area (Å²) in [4.78, 5) is 0. The summed E-state index contributed by atoms with van der Waals surface area (Å²) in [5.41, 5.74) is 4.75. The van der Waals surface area contributed by atoms with Gasteiger partial charge in [-0.25, -0.2) is 0 Å². The van der Waals surface area contributed by atoms with Crippen LogP contribution in [0.4, 0.5) is 0 Å². The Morgan fingerprint density at radius 3 is 1.95 bits per heavy atom. The molecule has 0 unspecified atom stereocenters. The number of ether oxygens (including phenoxy) is 1. The van der Waals surface area contributed by atoms with Gasteiger partial charge in [-0.3, -0.25) is 0 Å². The van der Waals surface area contributed by atoms with E-state index in [9.17, 15) is 5.11 Å². The maximum atomic E-state index is 10.8. The summed E-state index contributed by atoms with van der Waals surface area (Å²) in [6.07, 6.45) is 12.5. The lowest BCUT2D eigenvalue weighted by Crippen LogP contribution is -2.35. The van der Waals surface area contributed by atoms with Crippen molar-refractivity contribution in [2.75, 3.05) is 6.73 Å². The first-order valence-electron chi connectivity index (χ1n) is 8.04. The van der Waals surface area contributed by atoms with Crippen LogP contribution in [0.5, 0.6) is 0 Å². The molecule has 0 spiro atoms. The van der Waals surface area contributed by atoms with Gasteiger partial charge in [-0.1, -0.05) is 44.9 Å². The van der Waals surface area contributed by atoms with Crippen molar-refractivity contribution in [2.24, 2.45) is 5.73 Å². The first kappa shape index (κ1) is 16.9. The summed E-state index contributed by atoms with van der Waals surface area (Å²) in [6.45, 7) is 4.37. The van der Waals surface area contributed by atoms with Gasteiger partial charge in [0.15, 0.2) is 0 Å². The standard InChI is InChI=1S/C16H33NO2/c1-15(2,19-14-17)12-13-16(18)10-8-6-4-3-5-7-9-11-16/h18H,3-14,17H2,1-2H3. The number of nitrogens with two attached hydrogens (primary N) is 1. The van der Waals surface area contributed by atoms with Crippen LogP contribution in [-0.4, -0.2) is 23.0 Å². The van der Waals surface area contributed by atoms with E-state index in [4.69, 9.17) is 10.5 Å². The van der Waals surface area contributed by atoms with Gasteiger partial charge in [-0.15, -0.1) is 0 Å². The molecular weight excluding hydrogens is 238 g/mol. The Morgan fingerprint density at radius 2 is 1.47 bits per heavy atom. The molecule has 1 saturated carbocycles. The predicted molar refractivity (Wildman–Crippen MR) is 80.0 cm³/mol. The molecule has 1 aliphatic carbocycles. The minimum Gasteiger partial charge on any atom is -0.390 e. The van der Waals surface area contributed by atoms with Crippen LogP contribution in [0.2, 0.25) is 0 Å². The molecular formula is C16H33NO2. The highest BCUT2D eigenvalue weighted by molar-refractivity contribution is 4.83. The lowest BCUT2D eigenvalue weighted by molar-refractivity contribution is -0.0532. The highest BCUT2D eigenvalue weighted by Crippen LogP contribution is 2.32. The zero-order valence-corrected chi connectivity index (χ0v) is 12.9. The van der Waals surface area contributed by atoms with Gasteiger partial charge >= 0.3 is 0 Å². The predicted octanol–water partition coefficient (Wildman–Crippen LogP) is 3.73. The molecule has 3 N–H and O–H groups in total. The zero-order valence-electron chi connectivity index (χ0n) is 12.9. The van der Waals surface area contributed by atoms with Gasteiger partial charge in [0.1, 0.15) is 0 Å². The molecule has 3 heteroatoms. The van der Waals surface area contributed by atoms with Crippen molar-refractivity contribution in [1.29, 1.82) is 0 Å². The zero-order chi connectivity index (χ0) is 14.2. The van der Waals surface area contributed by atoms with Crippen molar-refractivity contribution >= 4 is 0 Å². The fourth-order valence-electron chi connectivity index (χ4n) is 3.00. The van der Waals surface area contributed by atoms with Crippen LogP contribution >= 0.6 is 0 Å². The maximum Gasteiger partial charge on any atom is 0.0947 e. The first-order valence-corrected chi connectivity index (χ1v) is 8.04. The summed E-state index contributed by atoms with van der Waals surface area (Å²) < 4.78 is 5.53. The van der Waals surface area contributed by atoms with E-state index in [1.54, 1.807) is 0 Å². The van der Waals surface area contributed by atoms with Crippen molar-refractivity contribution in [2.45, 2.75) is 95.7 Å². The molecule has 0 heterocycles. The van der Waals surface area contributed by atoms with Crippen LogP contribution < -0.4 is 5.73 Å². The molecule has 114 valence electrons. The van der Waals surface area contributed by atoms with E-state index >= 15 is 0 Å². The minimum absolute atomic E-state index is 0.222. The molecule has 0 bridgehead atoms. The monoisotopic (exact) mass is 271 g/mol. The van der Waals surface area contributed by atoms with E-state index < -0.39 is 5.60 Å². The fraction of sp³-hybridized carbons (Fsp3) is 1.00. The van der Waals surface area contributed by atoms with E-state index in [2.05, 4.69) is 13.8 Å². The second-order valence-corrected chi connectivity index (χ2v) is 6.77. The molecule has 1 aliphatic rings. The molecule has 0 aliphatic heterocycles. The molecule has 0 saturated heterocycles. The molecule has 0 amide bonds. The normalized spacial score (nSPS) is 22.1. The quantitative estimate of drug-likeness (QED) is 0.749. The van der Waals surface area contributed by atoms with E-state index in [1.807, 2.05) is 0 Å². The Balaban J connectivity index is 2.45. The van der Waals surface area contributed by atoms with E-state index in [0.29, 0.717) is 0 Å². The van der Waals surface area contributed by atoms with Crippen LogP contribution in [0, 0.1) is 0 Å². The molecule has 1 rings (SSSR count). The van der Waals surface area contributed by atoms with Gasteiger partial charge in [-0.05, 0) is 39.5 Å². The molecule has 0 atom stereocenters. The van der Waals surface area contributed by atoms with Crippen LogP contribution in [-0.2, 0) is 4.74 Å². The van der Waals surface area contributed by atoms with Gasteiger partial charge < -0.3 is 15.6 Å². The summed E-state index contributed by atoms with van der Waals surface area (Å²) in [7, 11) is 0. The van der Waals surface area contributed by atoms with Gasteiger partial charge in [0.2, 0.25) is 0 Å². The third-order valence-corrected chi connectivity index (χ3v) is 4.45. The molecule has 3 nitrogen and oxygen atoms in total. The smallest absolute Gasteiger partial charge is 0.0947 e. The lowest BCUT2D eigenvalue weighted by atomic mass is 9.82. The topological polar surface area (TPSA) is 55.5 Å². The van der Waals surface area contributed by atoms with Gasteiger partial charge in [0.05, 0.1) is 17.9 Å². The molecule has 0 aromatic carbocycles. The molecule has 1 fully saturated rings. The first-order chi connectivity index (χ1) is 8.97. The summed E-state index contributed by atoms with van der Waals surface area (Å²) in [5.74, 6) is 0. The Bertz CT molecular complexity index is 231. The Hall–Kier alpha value is -0.120. The number of hydrogen-bond donors (Lipinski definition) is 2. The Kier molecular flexibility index (Phi) is 7.33. The Labute approximate surface area is 118 Å².